The predicted molar refractivity (Wildman–Crippen MR) is 47.8 cm³/mol. The molecule has 0 aromatic carbocycles. The molecule has 11 heavy (non-hydrogen) atoms. The molecule has 1 nitrogen and oxygen atoms in total. The van der Waals surface area contributed by atoms with E-state index in [0.29, 0.717) is 5.92 Å². The smallest absolute Gasteiger partial charge is 0.0621 e. The number of aromatic nitrogens is 1. The lowest BCUT2D eigenvalue weighted by Crippen LogP contribution is -1.94. The molecule has 1 rings (SSSR count). The molecule has 0 spiro atoms. The molecular formula is C9H12ClN. The minimum absolute atomic E-state index is 0.648. The van der Waals surface area contributed by atoms with Crippen molar-refractivity contribution in [1.82, 2.24) is 4.98 Å². The van der Waals surface area contributed by atoms with E-state index in [2.05, 4.69) is 18.8 Å². The summed E-state index contributed by atoms with van der Waals surface area (Å²) in [6.07, 6.45) is 4.50. The Labute approximate surface area is 72.4 Å². The molecule has 0 fully saturated rings. The van der Waals surface area contributed by atoms with Crippen LogP contribution in [-0.2, 0) is 6.42 Å². The van der Waals surface area contributed by atoms with E-state index in [1.807, 2.05) is 6.07 Å². The van der Waals surface area contributed by atoms with Crippen molar-refractivity contribution in [3.05, 3.63) is 29.0 Å². The van der Waals surface area contributed by atoms with E-state index in [4.69, 9.17) is 11.6 Å². The highest BCUT2D eigenvalue weighted by atomic mass is 35.5. The Hall–Kier alpha value is -0.560. The first-order valence-corrected chi connectivity index (χ1v) is 4.16. The Bertz CT molecular complexity index is 233. The van der Waals surface area contributed by atoms with Crippen molar-refractivity contribution >= 4 is 11.6 Å². The van der Waals surface area contributed by atoms with Crippen molar-refractivity contribution in [1.29, 1.82) is 0 Å². The number of nitrogens with zero attached hydrogens (tertiary/aromatic N) is 1. The molecule has 0 saturated heterocycles. The molecule has 60 valence electrons. The van der Waals surface area contributed by atoms with E-state index < -0.39 is 0 Å². The second-order valence-corrected chi connectivity index (χ2v) is 3.47. The maximum Gasteiger partial charge on any atom is 0.0621 e. The average molecular weight is 170 g/mol. The summed E-state index contributed by atoms with van der Waals surface area (Å²) >= 11 is 5.91. The van der Waals surface area contributed by atoms with Gasteiger partial charge in [-0.1, -0.05) is 25.4 Å². The summed E-state index contributed by atoms with van der Waals surface area (Å²) < 4.78 is 0. The Morgan fingerprint density at radius 1 is 1.55 bits per heavy atom. The number of rotatable bonds is 2. The molecule has 0 aliphatic carbocycles. The van der Waals surface area contributed by atoms with Gasteiger partial charge in [0.25, 0.3) is 0 Å². The minimum atomic E-state index is 0.648. The summed E-state index contributed by atoms with van der Waals surface area (Å²) in [6, 6.07) is 1.97. The summed E-state index contributed by atoms with van der Waals surface area (Å²) in [5, 5.41) is 0.779. The van der Waals surface area contributed by atoms with E-state index in [1.165, 1.54) is 5.56 Å². The van der Waals surface area contributed by atoms with Crippen LogP contribution >= 0.6 is 11.6 Å². The van der Waals surface area contributed by atoms with E-state index >= 15 is 0 Å². The molecule has 0 aliphatic rings. The van der Waals surface area contributed by atoms with Crippen molar-refractivity contribution in [2.75, 3.05) is 0 Å². The molecule has 0 radical (unpaired) electrons. The van der Waals surface area contributed by atoms with Gasteiger partial charge in [-0.3, -0.25) is 4.98 Å². The number of hydrogen-bond acceptors (Lipinski definition) is 1. The fourth-order valence-corrected chi connectivity index (χ4v) is 1.21. The highest BCUT2D eigenvalue weighted by molar-refractivity contribution is 6.31. The van der Waals surface area contributed by atoms with Gasteiger partial charge in [0.15, 0.2) is 0 Å². The zero-order valence-corrected chi connectivity index (χ0v) is 7.60. The van der Waals surface area contributed by atoms with Crippen LogP contribution < -0.4 is 0 Å². The average Bonchev–Trinajstić information content (AvgIpc) is 1.93. The van der Waals surface area contributed by atoms with Crippen LogP contribution in [0.3, 0.4) is 0 Å². The van der Waals surface area contributed by atoms with E-state index in [1.54, 1.807) is 12.4 Å². The molecule has 0 amide bonds. The van der Waals surface area contributed by atoms with Gasteiger partial charge in [-0.25, -0.2) is 0 Å². The molecule has 1 aromatic heterocycles. The number of halogens is 1. The van der Waals surface area contributed by atoms with Gasteiger partial charge in [0.1, 0.15) is 0 Å². The molecule has 0 bridgehead atoms. The van der Waals surface area contributed by atoms with Crippen molar-refractivity contribution in [3.63, 3.8) is 0 Å². The Morgan fingerprint density at radius 2 is 2.27 bits per heavy atom. The van der Waals surface area contributed by atoms with Crippen molar-refractivity contribution in [3.8, 4) is 0 Å². The molecule has 1 heterocycles. The first-order chi connectivity index (χ1) is 5.20. The van der Waals surface area contributed by atoms with Crippen molar-refractivity contribution in [2.45, 2.75) is 20.3 Å². The lowest BCUT2D eigenvalue weighted by atomic mass is 10.0. The molecule has 0 aliphatic heterocycles. The third kappa shape index (κ3) is 2.51. The Kier molecular flexibility index (Phi) is 2.89. The predicted octanol–water partition coefficient (Wildman–Crippen LogP) is 2.93. The largest absolute Gasteiger partial charge is 0.263 e. The van der Waals surface area contributed by atoms with Crippen LogP contribution in [0.4, 0.5) is 0 Å². The molecule has 0 unspecified atom stereocenters. The lowest BCUT2D eigenvalue weighted by Gasteiger charge is -2.05. The van der Waals surface area contributed by atoms with Crippen LogP contribution in [0, 0.1) is 5.92 Å². The van der Waals surface area contributed by atoms with Crippen LogP contribution in [0.15, 0.2) is 18.5 Å². The van der Waals surface area contributed by atoms with Gasteiger partial charge in [0, 0.05) is 12.4 Å². The number of hydrogen-bond donors (Lipinski definition) is 0. The quantitative estimate of drug-likeness (QED) is 0.664. The third-order valence-electron chi connectivity index (χ3n) is 1.48. The Balaban J connectivity index is 2.78. The monoisotopic (exact) mass is 169 g/mol. The third-order valence-corrected chi connectivity index (χ3v) is 1.82. The number of pyridine rings is 1. The lowest BCUT2D eigenvalue weighted by molar-refractivity contribution is 0.647. The zero-order valence-electron chi connectivity index (χ0n) is 6.84. The summed E-state index contributed by atoms with van der Waals surface area (Å²) in [4.78, 5) is 3.92. The second-order valence-electron chi connectivity index (χ2n) is 3.07. The summed E-state index contributed by atoms with van der Waals surface area (Å²) in [5.41, 5.74) is 1.19. The van der Waals surface area contributed by atoms with E-state index in [-0.39, 0.29) is 0 Å². The fraction of sp³-hybridized carbons (Fsp3) is 0.444. The van der Waals surface area contributed by atoms with Gasteiger partial charge in [-0.2, -0.15) is 0 Å². The van der Waals surface area contributed by atoms with Crippen LogP contribution in [0.25, 0.3) is 0 Å². The molecule has 0 N–H and O–H groups in total. The van der Waals surface area contributed by atoms with Gasteiger partial charge in [-0.05, 0) is 24.0 Å². The minimum Gasteiger partial charge on any atom is -0.263 e. The van der Waals surface area contributed by atoms with Crippen LogP contribution in [0.2, 0.25) is 5.02 Å². The zero-order chi connectivity index (χ0) is 8.27. The maximum absolute atomic E-state index is 5.91. The Morgan fingerprint density at radius 3 is 2.82 bits per heavy atom. The van der Waals surface area contributed by atoms with E-state index in [9.17, 15) is 0 Å². The normalized spacial score (nSPS) is 10.5. The highest BCUT2D eigenvalue weighted by Gasteiger charge is 2.01. The van der Waals surface area contributed by atoms with Crippen LogP contribution in [0.1, 0.15) is 19.4 Å². The molecular weight excluding hydrogens is 158 g/mol. The fourth-order valence-electron chi connectivity index (χ4n) is 1.01. The maximum atomic E-state index is 5.91. The standard InChI is InChI=1S/C9H12ClN/c1-7(2)5-8-3-4-11-6-9(8)10/h3-4,6-7H,5H2,1-2H3. The first-order valence-electron chi connectivity index (χ1n) is 3.78. The molecule has 1 aromatic rings. The van der Waals surface area contributed by atoms with Crippen molar-refractivity contribution in [2.24, 2.45) is 5.92 Å². The SMILES string of the molecule is CC(C)Cc1ccncc1Cl. The topological polar surface area (TPSA) is 12.9 Å². The van der Waals surface area contributed by atoms with Gasteiger partial charge < -0.3 is 0 Å². The van der Waals surface area contributed by atoms with Crippen LogP contribution in [0.5, 0.6) is 0 Å². The van der Waals surface area contributed by atoms with Crippen LogP contribution in [-0.4, -0.2) is 4.98 Å². The molecule has 0 saturated carbocycles. The second kappa shape index (κ2) is 3.72. The summed E-state index contributed by atoms with van der Waals surface area (Å²) in [7, 11) is 0. The van der Waals surface area contributed by atoms with E-state index in [0.717, 1.165) is 11.4 Å². The van der Waals surface area contributed by atoms with Gasteiger partial charge in [0.2, 0.25) is 0 Å². The summed E-state index contributed by atoms with van der Waals surface area (Å²) in [6.45, 7) is 4.35. The molecule has 0 atom stereocenters. The highest BCUT2D eigenvalue weighted by Crippen LogP contribution is 2.16. The van der Waals surface area contributed by atoms with Gasteiger partial charge in [0.05, 0.1) is 5.02 Å². The molecule has 2 heteroatoms. The summed E-state index contributed by atoms with van der Waals surface area (Å²) in [5.74, 6) is 0.648. The first kappa shape index (κ1) is 8.54. The van der Waals surface area contributed by atoms with Gasteiger partial charge >= 0.3 is 0 Å². The van der Waals surface area contributed by atoms with Gasteiger partial charge in [-0.15, -0.1) is 0 Å². The van der Waals surface area contributed by atoms with Crippen molar-refractivity contribution < 1.29 is 0 Å².